The van der Waals surface area contributed by atoms with Gasteiger partial charge in [-0.3, -0.25) is 14.4 Å². The molecule has 0 aromatic heterocycles. The normalized spacial score (nSPS) is 17.2. The molecule has 0 unspecified atom stereocenters. The maximum Gasteiger partial charge on any atom is 0.408 e. The van der Waals surface area contributed by atoms with Gasteiger partial charge >= 0.3 is 24.4 Å². The fourth-order valence-electron chi connectivity index (χ4n) is 6.52. The minimum absolute atomic E-state index is 0.00124. The standard InChI is InChI=1S/C47H70N6O12/c1-44(2,3)62-40(58)48-20-14-17-33-38(56)52-34(37(55)23-29(26-49-41(59)63-45(4,5)6)27-50-42(60)64-46(7,8)9)22-28-15-13-16-30(21-28)31-18-19-36(54)32(24-31)25-35(39(57)51-33)53-43(61)65-47(10,11)12/h13,15-16,18-19,21,24,29,33-35,54H,14,17,20,22-23,25-27H2,1-12H3,(H,48,58)(H,49,59)(H,50,60)(H,51,57)(H,52,56)(H,53,61)/t33-,34-,35-/m0/s1. The fraction of sp³-hybridized carbons (Fsp3) is 0.596. The number of carbonyl (C=O) groups is 7. The lowest BCUT2D eigenvalue weighted by Gasteiger charge is -2.27. The summed E-state index contributed by atoms with van der Waals surface area (Å²) in [4.78, 5) is 94.2. The molecule has 0 spiro atoms. The number of aromatic hydroxyl groups is 1. The summed E-state index contributed by atoms with van der Waals surface area (Å²) in [5.74, 6) is -2.83. The van der Waals surface area contributed by atoms with Gasteiger partial charge in [-0.25, -0.2) is 19.2 Å². The van der Waals surface area contributed by atoms with Gasteiger partial charge in [0.1, 0.15) is 40.2 Å². The molecule has 1 aliphatic rings. The predicted octanol–water partition coefficient (Wildman–Crippen LogP) is 5.95. The molecule has 7 N–H and O–H groups in total. The summed E-state index contributed by atoms with van der Waals surface area (Å²) in [5, 5.41) is 27.2. The van der Waals surface area contributed by atoms with Crippen molar-refractivity contribution in [2.75, 3.05) is 19.6 Å². The third-order valence-electron chi connectivity index (χ3n) is 9.24. The van der Waals surface area contributed by atoms with Gasteiger partial charge in [-0.1, -0.05) is 30.3 Å². The van der Waals surface area contributed by atoms with Crippen molar-refractivity contribution in [3.05, 3.63) is 53.6 Å². The highest BCUT2D eigenvalue weighted by Gasteiger charge is 2.33. The van der Waals surface area contributed by atoms with Gasteiger partial charge in [0.25, 0.3) is 0 Å². The summed E-state index contributed by atoms with van der Waals surface area (Å²) < 4.78 is 21.6. The number of ketones is 1. The number of hydrogen-bond acceptors (Lipinski definition) is 12. The molecule has 0 aliphatic carbocycles. The van der Waals surface area contributed by atoms with E-state index in [1.165, 1.54) is 6.07 Å². The van der Waals surface area contributed by atoms with Crippen molar-refractivity contribution in [1.29, 1.82) is 0 Å². The molecule has 4 bridgehead atoms. The van der Waals surface area contributed by atoms with E-state index in [-0.39, 0.29) is 57.5 Å². The molecule has 2 aromatic rings. The van der Waals surface area contributed by atoms with E-state index in [0.29, 0.717) is 22.3 Å². The lowest BCUT2D eigenvalue weighted by Crippen LogP contribution is -2.57. The molecule has 2 aromatic carbocycles. The highest BCUT2D eigenvalue weighted by molar-refractivity contribution is 5.95. The molecule has 1 heterocycles. The maximum atomic E-state index is 14.5. The van der Waals surface area contributed by atoms with Crippen LogP contribution in [0, 0.1) is 5.92 Å². The Hall–Kier alpha value is -6.07. The number of Topliss-reactive ketones (excluding diaryl/α,β-unsaturated/α-hetero) is 1. The molecule has 0 saturated carbocycles. The number of amides is 6. The monoisotopic (exact) mass is 911 g/mol. The van der Waals surface area contributed by atoms with Gasteiger partial charge in [-0.05, 0) is 137 Å². The minimum Gasteiger partial charge on any atom is -0.508 e. The van der Waals surface area contributed by atoms with Crippen molar-refractivity contribution in [1.82, 2.24) is 31.9 Å². The molecule has 360 valence electrons. The molecule has 18 heteroatoms. The van der Waals surface area contributed by atoms with Crippen LogP contribution in [0.5, 0.6) is 5.75 Å². The maximum absolute atomic E-state index is 14.5. The molecule has 3 rings (SSSR count). The summed E-state index contributed by atoms with van der Waals surface area (Å²) in [6, 6.07) is 8.26. The Labute approximate surface area is 382 Å². The second-order valence-electron chi connectivity index (χ2n) is 20.1. The van der Waals surface area contributed by atoms with Crippen molar-refractivity contribution in [3.63, 3.8) is 0 Å². The molecule has 3 atom stereocenters. The predicted molar refractivity (Wildman–Crippen MR) is 243 cm³/mol. The summed E-state index contributed by atoms with van der Waals surface area (Å²) in [7, 11) is 0. The number of benzene rings is 2. The van der Waals surface area contributed by atoms with Crippen LogP contribution in [-0.4, -0.2) is 107 Å². The number of phenolic OH excluding ortho intramolecular Hbond substituents is 1. The van der Waals surface area contributed by atoms with Crippen LogP contribution in [0.25, 0.3) is 11.1 Å². The second kappa shape index (κ2) is 22.7. The Morgan fingerprint density at radius 2 is 1.18 bits per heavy atom. The third kappa shape index (κ3) is 20.5. The summed E-state index contributed by atoms with van der Waals surface area (Å²) in [6.45, 7) is 20.2. The van der Waals surface area contributed by atoms with E-state index < -0.39 is 88.4 Å². The van der Waals surface area contributed by atoms with E-state index in [1.54, 1.807) is 107 Å². The highest BCUT2D eigenvalue weighted by atomic mass is 16.6. The van der Waals surface area contributed by atoms with Gasteiger partial charge < -0.3 is 56.0 Å². The Bertz CT molecular complexity index is 1980. The van der Waals surface area contributed by atoms with E-state index in [4.69, 9.17) is 18.9 Å². The van der Waals surface area contributed by atoms with Gasteiger partial charge in [0.15, 0.2) is 5.78 Å². The van der Waals surface area contributed by atoms with Crippen LogP contribution in [0.2, 0.25) is 0 Å². The van der Waals surface area contributed by atoms with E-state index in [2.05, 4.69) is 31.9 Å². The topological polar surface area (TPSA) is 249 Å². The molecule has 18 nitrogen and oxygen atoms in total. The largest absolute Gasteiger partial charge is 0.508 e. The van der Waals surface area contributed by atoms with E-state index in [0.717, 1.165) is 0 Å². The number of rotatable bonds is 12. The summed E-state index contributed by atoms with van der Waals surface area (Å²) in [5.41, 5.74) is -0.951. The molecular formula is C47H70N6O12. The van der Waals surface area contributed by atoms with Crippen molar-refractivity contribution < 1.29 is 57.6 Å². The summed E-state index contributed by atoms with van der Waals surface area (Å²) in [6.07, 6.45) is -3.37. The zero-order chi connectivity index (χ0) is 48.9. The first-order valence-corrected chi connectivity index (χ1v) is 21.9. The van der Waals surface area contributed by atoms with Gasteiger partial charge in [0.2, 0.25) is 11.8 Å². The lowest BCUT2D eigenvalue weighted by molar-refractivity contribution is -0.132. The zero-order valence-corrected chi connectivity index (χ0v) is 39.9. The van der Waals surface area contributed by atoms with Gasteiger partial charge in [0, 0.05) is 38.4 Å². The Morgan fingerprint density at radius 3 is 1.74 bits per heavy atom. The van der Waals surface area contributed by atoms with Crippen molar-refractivity contribution in [2.45, 2.75) is 156 Å². The van der Waals surface area contributed by atoms with Crippen LogP contribution in [0.15, 0.2) is 42.5 Å². The first kappa shape index (κ1) is 53.3. The highest BCUT2D eigenvalue weighted by Crippen LogP contribution is 2.29. The SMILES string of the molecule is CC(C)(C)OC(=O)NCCC[C@@H]1NC(=O)[C@@H](NC(=O)OC(C)(C)C)Cc2cc(ccc2O)-c2cccc(c2)C[C@@H](C(=O)CC(CNC(=O)OC(C)(C)C)CNC(=O)OC(C)(C)C)NC1=O. The first-order chi connectivity index (χ1) is 29.9. The van der Waals surface area contributed by atoms with Gasteiger partial charge in [-0.15, -0.1) is 0 Å². The smallest absolute Gasteiger partial charge is 0.408 e. The van der Waals surface area contributed by atoms with Gasteiger partial charge in [-0.2, -0.15) is 0 Å². The number of carbonyl (C=O) groups excluding carboxylic acids is 7. The van der Waals surface area contributed by atoms with E-state index in [1.807, 2.05) is 12.1 Å². The minimum atomic E-state index is -1.36. The van der Waals surface area contributed by atoms with Crippen molar-refractivity contribution in [3.8, 4) is 16.9 Å². The lowest BCUT2D eigenvalue weighted by atomic mass is 9.92. The molecule has 0 fully saturated rings. The average Bonchev–Trinajstić information content (AvgIpc) is 3.14. The molecule has 0 saturated heterocycles. The zero-order valence-electron chi connectivity index (χ0n) is 39.9. The van der Waals surface area contributed by atoms with Crippen LogP contribution >= 0.6 is 0 Å². The first-order valence-electron chi connectivity index (χ1n) is 21.9. The average molecular weight is 911 g/mol. The fourth-order valence-corrected chi connectivity index (χ4v) is 6.52. The Kier molecular flexibility index (Phi) is 18.6. The van der Waals surface area contributed by atoms with Crippen molar-refractivity contribution in [2.24, 2.45) is 5.92 Å². The van der Waals surface area contributed by atoms with E-state index >= 15 is 0 Å². The quantitative estimate of drug-likeness (QED) is 0.0965. The Morgan fingerprint density at radius 1 is 0.662 bits per heavy atom. The molecule has 0 radical (unpaired) electrons. The van der Waals surface area contributed by atoms with E-state index in [9.17, 15) is 38.7 Å². The third-order valence-corrected chi connectivity index (χ3v) is 9.24. The molecular weight excluding hydrogens is 841 g/mol. The van der Waals surface area contributed by atoms with Gasteiger partial charge in [0.05, 0.1) is 6.04 Å². The number of hydrogen-bond donors (Lipinski definition) is 7. The van der Waals surface area contributed by atoms with Crippen LogP contribution < -0.4 is 31.9 Å². The van der Waals surface area contributed by atoms with Crippen LogP contribution in [0.3, 0.4) is 0 Å². The molecule has 65 heavy (non-hydrogen) atoms. The Balaban J connectivity index is 2.08. The number of fused-ring (bicyclic) bond motifs is 5. The summed E-state index contributed by atoms with van der Waals surface area (Å²) >= 11 is 0. The molecule has 1 aliphatic heterocycles. The second-order valence-corrected chi connectivity index (χ2v) is 20.1. The van der Waals surface area contributed by atoms with Crippen LogP contribution in [-0.2, 0) is 46.2 Å². The van der Waals surface area contributed by atoms with Crippen LogP contribution in [0.4, 0.5) is 19.2 Å². The van der Waals surface area contributed by atoms with Crippen LogP contribution in [0.1, 0.15) is 113 Å². The number of alkyl carbamates (subject to hydrolysis) is 4. The molecule has 6 amide bonds. The number of phenols is 1. The number of ether oxygens (including phenoxy) is 4. The van der Waals surface area contributed by atoms with Crippen molar-refractivity contribution >= 4 is 42.0 Å². The number of nitrogens with one attached hydrogen (secondary N) is 6.